The summed E-state index contributed by atoms with van der Waals surface area (Å²) in [5.74, 6) is -8.58. The Morgan fingerprint density at radius 2 is 1.48 bits per heavy atom. The number of hydrazone groups is 1. The zero-order chi connectivity index (χ0) is 49.7. The van der Waals surface area contributed by atoms with Crippen LogP contribution in [0.3, 0.4) is 0 Å². The van der Waals surface area contributed by atoms with Gasteiger partial charge in [0.25, 0.3) is 11.7 Å². The zero-order valence-electron chi connectivity index (χ0n) is 39.5. The van der Waals surface area contributed by atoms with Crippen LogP contribution in [0, 0.1) is 30.6 Å². The molecule has 4 heterocycles. The molecule has 0 saturated carbocycles. The van der Waals surface area contributed by atoms with E-state index in [2.05, 4.69) is 15.3 Å². The number of hydrogen-bond donors (Lipinski definition) is 6. The second-order valence-electron chi connectivity index (χ2n) is 17.6. The first-order valence-corrected chi connectivity index (χ1v) is 22.0. The van der Waals surface area contributed by atoms with Crippen molar-refractivity contribution in [3.05, 3.63) is 77.1 Å². The average Bonchev–Trinajstić information content (AvgIpc) is 3.56. The molecular weight excluding hydrogens is 869 g/mol. The van der Waals surface area contributed by atoms with Gasteiger partial charge in [-0.3, -0.25) is 29.0 Å². The normalized spacial score (nSPS) is 30.3. The molecule has 67 heavy (non-hydrogen) atoms. The van der Waals surface area contributed by atoms with Crippen LogP contribution in [0.2, 0.25) is 0 Å². The third kappa shape index (κ3) is 11.3. The fourth-order valence-corrected chi connectivity index (χ4v) is 8.36. The number of carbonyl (C=O) groups is 5. The summed E-state index contributed by atoms with van der Waals surface area (Å²) in [4.78, 5) is 63.2. The average molecular weight is 931 g/mol. The molecule has 0 aromatic heterocycles. The molecule has 0 radical (unpaired) electrons. The highest BCUT2D eigenvalue weighted by atomic mass is 16.7. The number of methoxy groups -OCH3 is 1. The maximum absolute atomic E-state index is 14.4. The Kier molecular flexibility index (Phi) is 16.6. The Morgan fingerprint density at radius 3 is 2.06 bits per heavy atom. The number of piperazine rings is 1. The molecule has 2 aromatic carbocycles. The van der Waals surface area contributed by atoms with Gasteiger partial charge in [0.15, 0.2) is 17.3 Å². The van der Waals surface area contributed by atoms with Gasteiger partial charge in [0, 0.05) is 87.3 Å². The van der Waals surface area contributed by atoms with E-state index in [4.69, 9.17) is 18.9 Å². The Morgan fingerprint density at radius 1 is 0.866 bits per heavy atom. The molecule has 1 saturated heterocycles. The topological polar surface area (TPSA) is 254 Å². The minimum atomic E-state index is -2.04. The van der Waals surface area contributed by atoms with E-state index >= 15 is 0 Å². The van der Waals surface area contributed by atoms with E-state index in [-0.39, 0.29) is 56.0 Å². The first-order chi connectivity index (χ1) is 31.5. The van der Waals surface area contributed by atoms with Crippen LogP contribution in [-0.2, 0) is 33.4 Å². The molecule has 2 aromatic rings. The van der Waals surface area contributed by atoms with Crippen LogP contribution in [0.1, 0.15) is 70.0 Å². The molecule has 9 atom stereocenters. The highest BCUT2D eigenvalue weighted by Gasteiger charge is 2.50. The lowest BCUT2D eigenvalue weighted by Crippen LogP contribution is -2.46. The number of allylic oxidation sites excluding steroid dienone is 6. The molecule has 1 amide bonds. The molecule has 18 nitrogen and oxygen atoms in total. The van der Waals surface area contributed by atoms with Gasteiger partial charge < -0.3 is 54.7 Å². The van der Waals surface area contributed by atoms with Gasteiger partial charge in [0.05, 0.1) is 53.0 Å². The number of fused-ring (bicyclic) bond motifs is 14. The predicted molar refractivity (Wildman–Crippen MR) is 249 cm³/mol. The van der Waals surface area contributed by atoms with Crippen molar-refractivity contribution in [3.63, 3.8) is 0 Å². The van der Waals surface area contributed by atoms with E-state index in [1.54, 1.807) is 44.9 Å². The summed E-state index contributed by atoms with van der Waals surface area (Å²) in [6.07, 6.45) is 9.87. The van der Waals surface area contributed by atoms with Gasteiger partial charge in [-0.1, -0.05) is 45.9 Å². The third-order valence-electron chi connectivity index (χ3n) is 12.7. The van der Waals surface area contributed by atoms with Crippen LogP contribution in [0.5, 0.6) is 23.0 Å². The molecule has 1 fully saturated rings. The van der Waals surface area contributed by atoms with Crippen LogP contribution in [0.25, 0.3) is 10.8 Å². The summed E-state index contributed by atoms with van der Waals surface area (Å²) in [6, 6.07) is 0. The monoisotopic (exact) mass is 930 g/mol. The molecule has 1 aliphatic carbocycles. The van der Waals surface area contributed by atoms with Gasteiger partial charge in [0.1, 0.15) is 23.4 Å². The minimum Gasteiger partial charge on any atom is -0.507 e. The van der Waals surface area contributed by atoms with Gasteiger partial charge in [-0.15, -0.1) is 0 Å². The van der Waals surface area contributed by atoms with E-state index in [1.165, 1.54) is 83.7 Å². The number of amides is 1. The Labute approximate surface area is 389 Å². The number of hydrogen-bond acceptors (Lipinski definition) is 17. The molecule has 6 N–H and O–H groups in total. The number of carbonyl (C=O) groups excluding carboxylic acids is 5. The SMILES string of the molecule is CO[C@H]1/C=C/O[C@@]2(C)Oc3c(C)c(O)c4c(O)c(c(/C=N/N5CCN(C)CC5)c(O)c4c3C2=O)NC(=O)/C(C)=C\C=C\[C@H](C)[C@H](O)[C@@H](C)[C@@H](O)[C@@H](C)[C@H](OC(C)=O)[C@@H]1C.O=C1C=CC(=O)C=C1. The maximum atomic E-state index is 14.4. The number of nitrogens with one attached hydrogen (secondary N) is 1. The minimum absolute atomic E-state index is 0.0559. The van der Waals surface area contributed by atoms with Crippen LogP contribution >= 0.6 is 0 Å². The van der Waals surface area contributed by atoms with E-state index in [0.29, 0.717) is 13.1 Å². The summed E-state index contributed by atoms with van der Waals surface area (Å²) in [7, 11) is 3.42. The summed E-state index contributed by atoms with van der Waals surface area (Å²) < 4.78 is 23.6. The maximum Gasteiger partial charge on any atom is 0.312 e. The number of ketones is 3. The number of phenolic OH excluding ortho intramolecular Hbond substituents is 3. The number of phenols is 3. The van der Waals surface area contributed by atoms with E-state index in [1.807, 2.05) is 7.05 Å². The first-order valence-electron chi connectivity index (χ1n) is 22.0. The van der Waals surface area contributed by atoms with Crippen molar-refractivity contribution in [2.24, 2.45) is 28.8 Å². The number of ether oxygens (including phenoxy) is 4. The van der Waals surface area contributed by atoms with Crippen LogP contribution in [0.4, 0.5) is 5.69 Å². The van der Waals surface area contributed by atoms with Gasteiger partial charge in [-0.2, -0.15) is 5.10 Å². The number of anilines is 1. The van der Waals surface area contributed by atoms with Crippen LogP contribution < -0.4 is 10.1 Å². The van der Waals surface area contributed by atoms with Crippen molar-refractivity contribution in [2.75, 3.05) is 45.7 Å². The molecule has 5 aliphatic rings. The Hall–Kier alpha value is -6.34. The molecule has 4 aliphatic heterocycles. The highest BCUT2D eigenvalue weighted by molar-refractivity contribution is 6.24. The lowest BCUT2D eigenvalue weighted by Gasteiger charge is -2.38. The standard InChI is InChI=1S/C43H58N4O12.C6H4O2/c1-21-12-11-13-22(2)42(55)45-33-28(20-44-47-17-15-46(9)16-18-47)37(52)30-31(38(33)53)36(51)26(6)40-32(30)41(54)43(8,59-40)57-19-14-29(56-10)23(3)39(58-27(7)48)25(5)35(50)24(4)34(21)49;7-5-1-2-6(8)4-3-5/h11-14,19-21,23-25,29,34-35,39,49-53H,15-18H2,1-10H3,(H,45,55);1-4H/b12-11+,19-14+,22-13-,44-20+;/t21-,23+,24+,25+,29-,34-,35+,39+,43-;/m0./s1. The summed E-state index contributed by atoms with van der Waals surface area (Å²) in [5, 5.41) is 66.8. The van der Waals surface area contributed by atoms with Crippen LogP contribution in [0.15, 0.2) is 65.5 Å². The van der Waals surface area contributed by atoms with E-state index < -0.39 is 88.8 Å². The lowest BCUT2D eigenvalue weighted by molar-refractivity contribution is -0.160. The van der Waals surface area contributed by atoms with Gasteiger partial charge in [-0.05, 0) is 51.3 Å². The number of aliphatic hydroxyl groups is 2. The van der Waals surface area contributed by atoms with Crippen molar-refractivity contribution < 1.29 is 68.5 Å². The van der Waals surface area contributed by atoms with Crippen molar-refractivity contribution >= 4 is 51.9 Å². The number of rotatable bonds is 4. The fraction of sp³-hybridized carbons (Fsp3) is 0.469. The van der Waals surface area contributed by atoms with E-state index in [9.17, 15) is 49.5 Å². The fourth-order valence-electron chi connectivity index (χ4n) is 8.36. The molecule has 0 spiro atoms. The number of aromatic hydroxyl groups is 3. The smallest absolute Gasteiger partial charge is 0.312 e. The molecule has 362 valence electrons. The lowest BCUT2D eigenvalue weighted by atomic mass is 9.78. The molecule has 7 rings (SSSR count). The van der Waals surface area contributed by atoms with Crippen molar-refractivity contribution in [1.82, 2.24) is 9.91 Å². The summed E-state index contributed by atoms with van der Waals surface area (Å²) in [6.45, 7) is 15.1. The second-order valence-corrected chi connectivity index (χ2v) is 17.6. The van der Waals surface area contributed by atoms with Gasteiger partial charge in [0.2, 0.25) is 0 Å². The molecule has 5 bridgehead atoms. The largest absolute Gasteiger partial charge is 0.507 e. The number of nitrogens with zero attached hydrogens (tertiary/aromatic N) is 3. The highest BCUT2D eigenvalue weighted by Crippen LogP contribution is 2.55. The predicted octanol–water partition coefficient (Wildman–Crippen LogP) is 4.59. The summed E-state index contributed by atoms with van der Waals surface area (Å²) >= 11 is 0. The quantitative estimate of drug-likeness (QED) is 0.0807. The molecular formula is C49H62N4O14. The molecule has 0 unspecified atom stereocenters. The number of likely N-dealkylation sites (N-methyl/N-ethyl adjacent to an activating group) is 1. The second kappa shape index (κ2) is 21.5. The number of aliphatic hydroxyl groups excluding tert-OH is 2. The van der Waals surface area contributed by atoms with Gasteiger partial charge >= 0.3 is 11.8 Å². The Balaban J connectivity index is 0.000000948. The number of Topliss-reactive ketones (excluding diaryl/α,β-unsaturated/α-hetero) is 1. The Bertz CT molecular complexity index is 2410. The van der Waals surface area contributed by atoms with Gasteiger partial charge in [-0.25, -0.2) is 0 Å². The van der Waals surface area contributed by atoms with Crippen LogP contribution in [-0.4, -0.2) is 141 Å². The first kappa shape index (κ1) is 51.6. The van der Waals surface area contributed by atoms with E-state index in [0.717, 1.165) is 13.1 Å². The zero-order valence-corrected chi connectivity index (χ0v) is 39.5. The summed E-state index contributed by atoms with van der Waals surface area (Å²) in [5.41, 5.74) is -0.350. The third-order valence-corrected chi connectivity index (χ3v) is 12.7. The van der Waals surface area contributed by atoms with Crippen molar-refractivity contribution in [2.45, 2.75) is 85.6 Å². The van der Waals surface area contributed by atoms with Crippen molar-refractivity contribution in [3.8, 4) is 23.0 Å². The number of benzene rings is 2. The molecule has 18 heteroatoms. The van der Waals surface area contributed by atoms with Crippen molar-refractivity contribution in [1.29, 1.82) is 0 Å². The number of esters is 1.